The highest BCUT2D eigenvalue weighted by Gasteiger charge is 2.31. The van der Waals surface area contributed by atoms with Crippen molar-refractivity contribution < 1.29 is 28.7 Å². The maximum absolute atomic E-state index is 12.2. The lowest BCUT2D eigenvalue weighted by Crippen LogP contribution is -2.37. The van der Waals surface area contributed by atoms with Crippen molar-refractivity contribution in [1.29, 1.82) is 0 Å². The van der Waals surface area contributed by atoms with E-state index in [1.165, 1.54) is 0 Å². The Kier molecular flexibility index (Phi) is 5.59. The van der Waals surface area contributed by atoms with Crippen LogP contribution in [0.3, 0.4) is 0 Å². The van der Waals surface area contributed by atoms with Crippen molar-refractivity contribution in [3.05, 3.63) is 35.9 Å². The van der Waals surface area contributed by atoms with E-state index in [-0.39, 0.29) is 25.7 Å². The van der Waals surface area contributed by atoms with Crippen molar-refractivity contribution in [3.63, 3.8) is 0 Å². The summed E-state index contributed by atoms with van der Waals surface area (Å²) in [5.41, 5.74) is 6.54. The molecule has 0 aromatic heterocycles. The first kappa shape index (κ1) is 16.8. The van der Waals surface area contributed by atoms with Gasteiger partial charge in [0.25, 0.3) is 0 Å². The number of carbonyl (C=O) groups is 4. The summed E-state index contributed by atoms with van der Waals surface area (Å²) in [6, 6.07) is 7.93. The Labute approximate surface area is 132 Å². The van der Waals surface area contributed by atoms with Crippen LogP contribution in [0.5, 0.6) is 0 Å². The normalized spacial score (nSPS) is 23.7. The summed E-state index contributed by atoms with van der Waals surface area (Å²) in [5.74, 6) is -4.13. The van der Waals surface area contributed by atoms with Crippen LogP contribution in [0.1, 0.15) is 24.8 Å². The monoisotopic (exact) mass is 319 g/mol. The van der Waals surface area contributed by atoms with E-state index >= 15 is 0 Å². The summed E-state index contributed by atoms with van der Waals surface area (Å²) < 4.78 is 9.30. The number of ether oxygens (including phenoxy) is 2. The predicted molar refractivity (Wildman–Crippen MR) is 77.7 cm³/mol. The second-order valence-electron chi connectivity index (χ2n) is 5.32. The maximum atomic E-state index is 12.2. The number of carbonyl (C=O) groups excluding carboxylic acids is 4. The molecule has 7 heteroatoms. The van der Waals surface area contributed by atoms with Crippen molar-refractivity contribution in [2.45, 2.75) is 31.7 Å². The largest absolute Gasteiger partial charge is 0.393 e. The quantitative estimate of drug-likeness (QED) is 0.623. The molecule has 1 aromatic carbocycles. The van der Waals surface area contributed by atoms with Crippen LogP contribution in [0.2, 0.25) is 0 Å². The van der Waals surface area contributed by atoms with Gasteiger partial charge in [-0.3, -0.25) is 14.4 Å². The molecule has 7 nitrogen and oxygen atoms in total. The van der Waals surface area contributed by atoms with Gasteiger partial charge in [-0.1, -0.05) is 30.3 Å². The van der Waals surface area contributed by atoms with Crippen LogP contribution >= 0.6 is 0 Å². The van der Waals surface area contributed by atoms with E-state index in [0.29, 0.717) is 0 Å². The molecule has 1 heterocycles. The molecular weight excluding hydrogens is 302 g/mol. The van der Waals surface area contributed by atoms with Gasteiger partial charge in [-0.15, -0.1) is 0 Å². The summed E-state index contributed by atoms with van der Waals surface area (Å²) in [5, 5.41) is 0. The molecule has 1 aliphatic heterocycles. The minimum absolute atomic E-state index is 0.0763. The van der Waals surface area contributed by atoms with Gasteiger partial charge in [-0.25, -0.2) is 4.79 Å². The zero-order chi connectivity index (χ0) is 16.8. The standard InChI is InChI=1S/C16H17NO6/c17-12-9-11(8-10-4-2-1-3-5-10)15(20)22-13(18)6-7-14(19)23-16(12)21/h1-5,11-12H,6-9,17H2/t11?,12-/m0/s1. The summed E-state index contributed by atoms with van der Waals surface area (Å²) in [4.78, 5) is 46.8. The van der Waals surface area contributed by atoms with E-state index in [1.54, 1.807) is 0 Å². The zero-order valence-electron chi connectivity index (χ0n) is 12.4. The summed E-state index contributed by atoms with van der Waals surface area (Å²) in [6.07, 6.45) is -0.478. The van der Waals surface area contributed by atoms with Crippen molar-refractivity contribution in [1.82, 2.24) is 0 Å². The third kappa shape index (κ3) is 5.00. The van der Waals surface area contributed by atoms with Crippen LogP contribution in [0.25, 0.3) is 0 Å². The van der Waals surface area contributed by atoms with Gasteiger partial charge >= 0.3 is 23.9 Å². The molecule has 0 saturated carbocycles. The van der Waals surface area contributed by atoms with Crippen molar-refractivity contribution >= 4 is 23.9 Å². The average molecular weight is 319 g/mol. The number of rotatable bonds is 2. The van der Waals surface area contributed by atoms with Gasteiger partial charge in [-0.05, 0) is 18.4 Å². The van der Waals surface area contributed by atoms with Crippen LogP contribution in [-0.2, 0) is 35.1 Å². The van der Waals surface area contributed by atoms with Crippen LogP contribution in [0.4, 0.5) is 0 Å². The molecule has 1 saturated heterocycles. The topological polar surface area (TPSA) is 113 Å². The van der Waals surface area contributed by atoms with Gasteiger partial charge in [0.1, 0.15) is 6.04 Å². The smallest absolute Gasteiger partial charge is 0.330 e. The van der Waals surface area contributed by atoms with E-state index in [0.717, 1.165) is 5.56 Å². The molecule has 1 aliphatic rings. The Balaban J connectivity index is 2.19. The van der Waals surface area contributed by atoms with Crippen LogP contribution < -0.4 is 5.73 Å². The molecular formula is C16H17NO6. The first-order valence-electron chi connectivity index (χ1n) is 7.24. The van der Waals surface area contributed by atoms with Crippen LogP contribution in [-0.4, -0.2) is 29.9 Å². The molecule has 2 N–H and O–H groups in total. The highest BCUT2D eigenvalue weighted by atomic mass is 16.6. The molecule has 23 heavy (non-hydrogen) atoms. The number of hydrogen-bond donors (Lipinski definition) is 1. The molecule has 0 radical (unpaired) electrons. The summed E-state index contributed by atoms with van der Waals surface area (Å²) >= 11 is 0. The van der Waals surface area contributed by atoms with E-state index < -0.39 is 35.8 Å². The van der Waals surface area contributed by atoms with Crippen molar-refractivity contribution in [3.8, 4) is 0 Å². The Bertz CT molecular complexity index is 612. The van der Waals surface area contributed by atoms with Crippen LogP contribution in [0, 0.1) is 5.92 Å². The van der Waals surface area contributed by atoms with Crippen molar-refractivity contribution in [2.75, 3.05) is 0 Å². The first-order chi connectivity index (χ1) is 11.0. The average Bonchev–Trinajstić information content (AvgIpc) is 2.53. The molecule has 0 aliphatic carbocycles. The second kappa shape index (κ2) is 7.64. The molecule has 0 spiro atoms. The van der Waals surface area contributed by atoms with Gasteiger partial charge in [-0.2, -0.15) is 0 Å². The zero-order valence-corrected chi connectivity index (χ0v) is 12.4. The van der Waals surface area contributed by atoms with Gasteiger partial charge in [0.2, 0.25) is 0 Å². The molecule has 0 amide bonds. The second-order valence-corrected chi connectivity index (χ2v) is 5.32. The lowest BCUT2D eigenvalue weighted by atomic mass is 9.93. The van der Waals surface area contributed by atoms with Crippen molar-refractivity contribution in [2.24, 2.45) is 11.7 Å². The number of esters is 4. The molecule has 2 rings (SSSR count). The molecule has 122 valence electrons. The Morgan fingerprint density at radius 1 is 0.913 bits per heavy atom. The fourth-order valence-corrected chi connectivity index (χ4v) is 2.25. The molecule has 1 unspecified atom stereocenters. The van der Waals surface area contributed by atoms with E-state index in [2.05, 4.69) is 4.74 Å². The number of nitrogens with two attached hydrogens (primary N) is 1. The lowest BCUT2D eigenvalue weighted by Gasteiger charge is -2.17. The third-order valence-electron chi connectivity index (χ3n) is 3.46. The Morgan fingerprint density at radius 3 is 2.09 bits per heavy atom. The van der Waals surface area contributed by atoms with E-state index in [1.807, 2.05) is 30.3 Å². The number of cyclic esters (lactones) is 4. The Hall–Kier alpha value is -2.54. The molecule has 1 aromatic rings. The molecule has 1 fully saturated rings. The van der Waals surface area contributed by atoms with Gasteiger partial charge in [0.15, 0.2) is 0 Å². The van der Waals surface area contributed by atoms with E-state index in [4.69, 9.17) is 10.5 Å². The van der Waals surface area contributed by atoms with Gasteiger partial charge in [0.05, 0.1) is 18.8 Å². The molecule has 0 bridgehead atoms. The summed E-state index contributed by atoms with van der Waals surface area (Å²) in [6.45, 7) is 0. The first-order valence-corrected chi connectivity index (χ1v) is 7.24. The number of hydrogen-bond acceptors (Lipinski definition) is 7. The van der Waals surface area contributed by atoms with Crippen LogP contribution in [0.15, 0.2) is 30.3 Å². The minimum Gasteiger partial charge on any atom is -0.393 e. The highest BCUT2D eigenvalue weighted by Crippen LogP contribution is 2.18. The Morgan fingerprint density at radius 2 is 1.48 bits per heavy atom. The predicted octanol–water partition coefficient (Wildman–Crippen LogP) is 0.496. The molecule has 2 atom stereocenters. The highest BCUT2D eigenvalue weighted by molar-refractivity contribution is 5.93. The minimum atomic E-state index is -1.14. The lowest BCUT2D eigenvalue weighted by molar-refractivity contribution is -0.165. The fourth-order valence-electron chi connectivity index (χ4n) is 2.25. The maximum Gasteiger partial charge on any atom is 0.330 e. The van der Waals surface area contributed by atoms with Gasteiger partial charge < -0.3 is 15.2 Å². The number of benzene rings is 1. The fraction of sp³-hybridized carbons (Fsp3) is 0.375. The third-order valence-corrected chi connectivity index (χ3v) is 3.46. The van der Waals surface area contributed by atoms with E-state index in [9.17, 15) is 19.2 Å². The van der Waals surface area contributed by atoms with Gasteiger partial charge in [0, 0.05) is 0 Å². The SMILES string of the molecule is N[C@H]1CC(Cc2ccccc2)C(=O)OC(=O)CCC(=O)OC1=O. The summed E-state index contributed by atoms with van der Waals surface area (Å²) in [7, 11) is 0.